The van der Waals surface area contributed by atoms with E-state index in [1.807, 2.05) is 59.5 Å². The Morgan fingerprint density at radius 1 is 1.08 bits per heavy atom. The molecule has 0 aliphatic carbocycles. The number of rotatable bonds is 7. The van der Waals surface area contributed by atoms with Crippen molar-refractivity contribution in [2.45, 2.75) is 50.8 Å². The number of hydrogen-bond acceptors (Lipinski definition) is 6. The van der Waals surface area contributed by atoms with Crippen LogP contribution in [0.5, 0.6) is 0 Å². The first-order chi connectivity index (χ1) is 18.3. The molecule has 0 spiro atoms. The molecule has 1 atom stereocenters. The van der Waals surface area contributed by atoms with Crippen molar-refractivity contribution >= 4 is 16.9 Å². The van der Waals surface area contributed by atoms with E-state index >= 15 is 0 Å². The molecule has 1 aliphatic heterocycles. The van der Waals surface area contributed by atoms with Crippen molar-refractivity contribution in [1.82, 2.24) is 24.2 Å². The predicted molar refractivity (Wildman–Crippen MR) is 146 cm³/mol. The fraction of sp³-hybridized carbons (Fsp3) is 0.379. The Kier molecular flexibility index (Phi) is 7.14. The Bertz CT molecular complexity index is 1480. The highest BCUT2D eigenvalue weighted by molar-refractivity contribution is 5.89. The number of aryl methyl sites for hydroxylation is 1. The summed E-state index contributed by atoms with van der Waals surface area (Å²) in [7, 11) is 1.79. The first kappa shape index (κ1) is 25.8. The van der Waals surface area contributed by atoms with Crippen molar-refractivity contribution in [3.8, 4) is 11.3 Å². The zero-order valence-corrected chi connectivity index (χ0v) is 21.9. The van der Waals surface area contributed by atoms with E-state index in [-0.39, 0.29) is 29.4 Å². The van der Waals surface area contributed by atoms with E-state index in [9.17, 15) is 14.7 Å². The van der Waals surface area contributed by atoms with Crippen LogP contribution in [-0.2, 0) is 24.9 Å². The van der Waals surface area contributed by atoms with Crippen molar-refractivity contribution in [1.29, 1.82) is 0 Å². The van der Waals surface area contributed by atoms with Gasteiger partial charge in [0.1, 0.15) is 5.52 Å². The van der Waals surface area contributed by atoms with Crippen molar-refractivity contribution in [2.75, 3.05) is 13.1 Å². The van der Waals surface area contributed by atoms with Gasteiger partial charge in [0.2, 0.25) is 5.91 Å². The Labute approximate surface area is 221 Å². The van der Waals surface area contributed by atoms with Gasteiger partial charge in [0, 0.05) is 38.7 Å². The summed E-state index contributed by atoms with van der Waals surface area (Å²) in [6, 6.07) is 17.8. The molecule has 0 saturated carbocycles. The molecule has 0 unspecified atom stereocenters. The molecule has 5 rings (SSSR count). The number of fused-ring (bicyclic) bond motifs is 1. The lowest BCUT2D eigenvalue weighted by molar-refractivity contribution is -0.136. The maximum absolute atomic E-state index is 13.3. The first-order valence-corrected chi connectivity index (χ1v) is 13.0. The van der Waals surface area contributed by atoms with Gasteiger partial charge in [-0.25, -0.2) is 4.98 Å². The zero-order chi connectivity index (χ0) is 26.9. The van der Waals surface area contributed by atoms with Crippen molar-refractivity contribution in [3.63, 3.8) is 0 Å². The number of nitrogens with zero attached hydrogens (tertiary/aromatic N) is 5. The van der Waals surface area contributed by atoms with E-state index < -0.39 is 5.60 Å². The molecule has 38 heavy (non-hydrogen) atoms. The molecule has 0 radical (unpaired) electrons. The number of nitrogens with two attached hydrogens (primary N) is 1. The summed E-state index contributed by atoms with van der Waals surface area (Å²) in [5.41, 5.74) is 8.91. The van der Waals surface area contributed by atoms with E-state index in [2.05, 4.69) is 17.0 Å². The summed E-state index contributed by atoms with van der Waals surface area (Å²) in [5, 5.41) is 15.8. The molecule has 1 saturated heterocycles. The van der Waals surface area contributed by atoms with Crippen molar-refractivity contribution < 1.29 is 9.90 Å². The number of aromatic nitrogens is 4. The number of benzene rings is 2. The Balaban J connectivity index is 1.28. The number of aliphatic hydroxyl groups is 1. The zero-order valence-electron chi connectivity index (χ0n) is 21.9. The Morgan fingerprint density at radius 3 is 2.42 bits per heavy atom. The highest BCUT2D eigenvalue weighted by atomic mass is 16.3. The molecule has 2 aromatic carbocycles. The first-order valence-electron chi connectivity index (χ1n) is 13.0. The minimum atomic E-state index is -1.10. The van der Waals surface area contributed by atoms with Gasteiger partial charge < -0.3 is 15.7 Å². The standard InChI is InChI=1S/C29H34N6O3/c1-20(22-6-4-3-5-7-22)16-24(36)34-14-12-29(38,13-15-34)18-35-19-31-25-26(28(35)37)32-33(2)27(25)23-10-8-21(17-30)9-11-23/h3-11,19-20,38H,12-18,30H2,1-2H3/t20-/m0/s1. The molecule has 3 heterocycles. The van der Waals surface area contributed by atoms with E-state index in [4.69, 9.17) is 5.73 Å². The second-order valence-corrected chi connectivity index (χ2v) is 10.4. The molecule has 1 aliphatic rings. The van der Waals surface area contributed by atoms with E-state index in [0.29, 0.717) is 44.4 Å². The van der Waals surface area contributed by atoms with Gasteiger partial charge in [-0.2, -0.15) is 5.10 Å². The molecule has 198 valence electrons. The van der Waals surface area contributed by atoms with Crippen molar-refractivity contribution in [3.05, 3.63) is 82.4 Å². The Morgan fingerprint density at radius 2 is 1.76 bits per heavy atom. The van der Waals surface area contributed by atoms with Crippen LogP contribution in [-0.4, -0.2) is 53.9 Å². The average Bonchev–Trinajstić information content (AvgIpc) is 3.27. The van der Waals surface area contributed by atoms with Crippen LogP contribution >= 0.6 is 0 Å². The molecule has 4 aromatic rings. The van der Waals surface area contributed by atoms with E-state index in [0.717, 1.165) is 22.4 Å². The van der Waals surface area contributed by atoms with Gasteiger partial charge in [0.15, 0.2) is 5.52 Å². The van der Waals surface area contributed by atoms with E-state index in [1.54, 1.807) is 11.7 Å². The summed E-state index contributed by atoms with van der Waals surface area (Å²) < 4.78 is 3.10. The largest absolute Gasteiger partial charge is 0.388 e. The highest BCUT2D eigenvalue weighted by Crippen LogP contribution is 2.28. The topological polar surface area (TPSA) is 119 Å². The van der Waals surface area contributed by atoms with E-state index in [1.165, 1.54) is 10.9 Å². The number of likely N-dealkylation sites (tertiary alicyclic amines) is 1. The molecule has 1 amide bonds. The third-order valence-electron chi connectivity index (χ3n) is 7.64. The van der Waals surface area contributed by atoms with Gasteiger partial charge in [0.25, 0.3) is 5.56 Å². The number of amides is 1. The normalized spacial score (nSPS) is 16.1. The second-order valence-electron chi connectivity index (χ2n) is 10.4. The van der Waals surface area contributed by atoms with Crippen LogP contribution in [0.3, 0.4) is 0 Å². The van der Waals surface area contributed by atoms with Crippen LogP contribution in [0.2, 0.25) is 0 Å². The molecular weight excluding hydrogens is 480 g/mol. The molecule has 9 nitrogen and oxygen atoms in total. The number of piperidine rings is 1. The van der Waals surface area contributed by atoms with Crippen LogP contribution in [0.1, 0.15) is 43.2 Å². The SMILES string of the molecule is C[C@@H](CC(=O)N1CCC(O)(Cn2cnc3c(-c4ccc(CN)cc4)n(C)nc3c2=O)CC1)c1ccccc1. The molecule has 3 N–H and O–H groups in total. The summed E-state index contributed by atoms with van der Waals surface area (Å²) in [5.74, 6) is 0.215. The van der Waals surface area contributed by atoms with Crippen LogP contribution in [0, 0.1) is 0 Å². The minimum absolute atomic E-state index is 0.0872. The maximum Gasteiger partial charge on any atom is 0.281 e. The number of hydrogen-bond donors (Lipinski definition) is 2. The van der Waals surface area contributed by atoms with Gasteiger partial charge in [-0.05, 0) is 29.9 Å². The van der Waals surface area contributed by atoms with Gasteiger partial charge >= 0.3 is 0 Å². The maximum atomic E-state index is 13.3. The monoisotopic (exact) mass is 514 g/mol. The van der Waals surface area contributed by atoms with Gasteiger partial charge in [-0.15, -0.1) is 0 Å². The predicted octanol–water partition coefficient (Wildman–Crippen LogP) is 2.80. The number of carbonyl (C=O) groups is 1. The fourth-order valence-corrected chi connectivity index (χ4v) is 5.27. The number of carbonyl (C=O) groups excluding carboxylic acids is 1. The van der Waals surface area contributed by atoms with Crippen molar-refractivity contribution in [2.24, 2.45) is 12.8 Å². The summed E-state index contributed by atoms with van der Waals surface area (Å²) in [6.45, 7) is 3.52. The molecular formula is C29H34N6O3. The third-order valence-corrected chi connectivity index (χ3v) is 7.64. The van der Waals surface area contributed by atoms with Crippen LogP contribution in [0.25, 0.3) is 22.3 Å². The van der Waals surface area contributed by atoms with Gasteiger partial charge in [-0.1, -0.05) is 61.5 Å². The molecule has 1 fully saturated rings. The molecule has 2 aromatic heterocycles. The summed E-state index contributed by atoms with van der Waals surface area (Å²) in [4.78, 5) is 32.6. The average molecular weight is 515 g/mol. The molecule has 9 heteroatoms. The van der Waals surface area contributed by atoms with Crippen LogP contribution in [0.15, 0.2) is 65.7 Å². The van der Waals surface area contributed by atoms with Crippen LogP contribution in [0.4, 0.5) is 0 Å². The van der Waals surface area contributed by atoms with Crippen LogP contribution < -0.4 is 11.3 Å². The Hall–Kier alpha value is -3.82. The van der Waals surface area contributed by atoms with Gasteiger partial charge in [-0.3, -0.25) is 18.8 Å². The lowest BCUT2D eigenvalue weighted by Gasteiger charge is -2.38. The smallest absolute Gasteiger partial charge is 0.281 e. The quantitative estimate of drug-likeness (QED) is 0.391. The lowest BCUT2D eigenvalue weighted by atomic mass is 9.90. The van der Waals surface area contributed by atoms with Gasteiger partial charge in [0.05, 0.1) is 24.2 Å². The third kappa shape index (κ3) is 5.12. The highest BCUT2D eigenvalue weighted by Gasteiger charge is 2.35. The summed E-state index contributed by atoms with van der Waals surface area (Å²) in [6.07, 6.45) is 2.70. The fourth-order valence-electron chi connectivity index (χ4n) is 5.27. The summed E-state index contributed by atoms with van der Waals surface area (Å²) >= 11 is 0. The second kappa shape index (κ2) is 10.5. The lowest BCUT2D eigenvalue weighted by Crippen LogP contribution is -2.49. The minimum Gasteiger partial charge on any atom is -0.388 e. The molecule has 0 bridgehead atoms.